The lowest BCUT2D eigenvalue weighted by atomic mass is 9.91. The molecular weight excluding hydrogens is 202 g/mol. The number of likely N-dealkylation sites (tertiary alicyclic amines) is 1. The molecule has 1 rings (SSSR count). The highest BCUT2D eigenvalue weighted by Gasteiger charge is 2.19. The smallest absolute Gasteiger partial charge is 0.303 e. The number of nitrogens with zero attached hydrogens (tertiary/aromatic N) is 1. The van der Waals surface area contributed by atoms with Crippen molar-refractivity contribution in [3.8, 4) is 0 Å². The Bertz CT molecular complexity index is 208. The highest BCUT2D eigenvalue weighted by Crippen LogP contribution is 2.22. The van der Waals surface area contributed by atoms with Crippen molar-refractivity contribution in [3.63, 3.8) is 0 Å². The first-order chi connectivity index (χ1) is 7.58. The number of piperidine rings is 1. The van der Waals surface area contributed by atoms with Gasteiger partial charge in [0.25, 0.3) is 0 Å². The average molecular weight is 227 g/mol. The predicted octanol–water partition coefficient (Wildman–Crippen LogP) is 2.61. The van der Waals surface area contributed by atoms with Gasteiger partial charge in [-0.3, -0.25) is 4.79 Å². The Balaban J connectivity index is 2.09. The maximum absolute atomic E-state index is 10.4. The van der Waals surface area contributed by atoms with Crippen molar-refractivity contribution in [2.24, 2.45) is 11.8 Å². The van der Waals surface area contributed by atoms with Crippen LogP contribution in [0.3, 0.4) is 0 Å². The number of rotatable bonds is 6. The fourth-order valence-corrected chi connectivity index (χ4v) is 2.52. The van der Waals surface area contributed by atoms with Gasteiger partial charge in [0.2, 0.25) is 0 Å². The first-order valence-electron chi connectivity index (χ1n) is 6.52. The second kappa shape index (κ2) is 6.89. The molecule has 0 aromatic carbocycles. The summed E-state index contributed by atoms with van der Waals surface area (Å²) in [4.78, 5) is 12.9. The first-order valence-corrected chi connectivity index (χ1v) is 6.52. The Labute approximate surface area is 98.8 Å². The zero-order valence-electron chi connectivity index (χ0n) is 10.6. The minimum atomic E-state index is -0.655. The number of hydrogen-bond donors (Lipinski definition) is 1. The van der Waals surface area contributed by atoms with E-state index in [1.165, 1.54) is 32.5 Å². The van der Waals surface area contributed by atoms with Crippen molar-refractivity contribution in [2.75, 3.05) is 19.6 Å². The normalized spacial score (nSPS) is 19.2. The molecule has 1 fully saturated rings. The molecule has 0 amide bonds. The Morgan fingerprint density at radius 1 is 1.38 bits per heavy atom. The summed E-state index contributed by atoms with van der Waals surface area (Å²) in [5, 5.41) is 8.58. The lowest BCUT2D eigenvalue weighted by Crippen LogP contribution is -2.36. The summed E-state index contributed by atoms with van der Waals surface area (Å²) in [7, 11) is 0. The van der Waals surface area contributed by atoms with Gasteiger partial charge in [0.15, 0.2) is 0 Å². The van der Waals surface area contributed by atoms with Crippen LogP contribution in [0, 0.1) is 11.8 Å². The van der Waals surface area contributed by atoms with Crippen molar-refractivity contribution in [1.29, 1.82) is 0 Å². The summed E-state index contributed by atoms with van der Waals surface area (Å²) in [5.74, 6) is 0.864. The van der Waals surface area contributed by atoms with Crippen LogP contribution in [0.5, 0.6) is 0 Å². The Kier molecular flexibility index (Phi) is 5.81. The van der Waals surface area contributed by atoms with E-state index in [2.05, 4.69) is 18.7 Å². The molecule has 0 bridgehead atoms. The van der Waals surface area contributed by atoms with Crippen LogP contribution in [0.2, 0.25) is 0 Å². The highest BCUT2D eigenvalue weighted by molar-refractivity contribution is 5.66. The number of carboxylic acids is 1. The van der Waals surface area contributed by atoms with Crippen LogP contribution < -0.4 is 0 Å². The molecular formula is C13H25NO2. The van der Waals surface area contributed by atoms with Gasteiger partial charge in [-0.15, -0.1) is 0 Å². The standard InChI is InChI=1S/C13H25NO2/c1-11(2)10-14-8-6-12(7-9-14)4-3-5-13(15)16/h11-12H,3-10H2,1-2H3,(H,15,16). The molecule has 3 heteroatoms. The highest BCUT2D eigenvalue weighted by atomic mass is 16.4. The Morgan fingerprint density at radius 2 is 2.00 bits per heavy atom. The Morgan fingerprint density at radius 3 is 2.50 bits per heavy atom. The molecule has 0 unspecified atom stereocenters. The van der Waals surface area contributed by atoms with Crippen molar-refractivity contribution >= 4 is 5.97 Å². The number of hydrogen-bond acceptors (Lipinski definition) is 2. The van der Waals surface area contributed by atoms with Crippen LogP contribution in [0.25, 0.3) is 0 Å². The van der Waals surface area contributed by atoms with Gasteiger partial charge in [0.1, 0.15) is 0 Å². The molecule has 1 heterocycles. The van der Waals surface area contributed by atoms with Crippen LogP contribution >= 0.6 is 0 Å². The van der Waals surface area contributed by atoms with Gasteiger partial charge in [-0.1, -0.05) is 13.8 Å². The van der Waals surface area contributed by atoms with E-state index < -0.39 is 5.97 Å². The van der Waals surface area contributed by atoms with Gasteiger partial charge in [0.05, 0.1) is 0 Å². The lowest BCUT2D eigenvalue weighted by Gasteiger charge is -2.32. The summed E-state index contributed by atoms with van der Waals surface area (Å²) in [6.07, 6.45) is 4.80. The fraction of sp³-hybridized carbons (Fsp3) is 0.923. The van der Waals surface area contributed by atoms with E-state index in [0.29, 0.717) is 6.42 Å². The molecule has 1 saturated heterocycles. The second-order valence-electron chi connectivity index (χ2n) is 5.42. The zero-order valence-corrected chi connectivity index (χ0v) is 10.6. The van der Waals surface area contributed by atoms with Crippen LogP contribution in [-0.2, 0) is 4.79 Å². The molecule has 94 valence electrons. The van der Waals surface area contributed by atoms with Crippen LogP contribution in [0.15, 0.2) is 0 Å². The molecule has 0 aromatic rings. The molecule has 1 N–H and O–H groups in total. The topological polar surface area (TPSA) is 40.5 Å². The van der Waals surface area contributed by atoms with Crippen molar-refractivity contribution in [1.82, 2.24) is 4.90 Å². The van der Waals surface area contributed by atoms with Gasteiger partial charge >= 0.3 is 5.97 Å². The van der Waals surface area contributed by atoms with E-state index in [0.717, 1.165) is 24.7 Å². The fourth-order valence-electron chi connectivity index (χ4n) is 2.52. The van der Waals surface area contributed by atoms with Crippen molar-refractivity contribution < 1.29 is 9.90 Å². The van der Waals surface area contributed by atoms with E-state index in [1.807, 2.05) is 0 Å². The molecule has 1 aliphatic rings. The van der Waals surface area contributed by atoms with E-state index in [4.69, 9.17) is 5.11 Å². The summed E-state index contributed by atoms with van der Waals surface area (Å²) < 4.78 is 0. The molecule has 0 radical (unpaired) electrons. The number of carbonyl (C=O) groups is 1. The molecule has 0 saturated carbocycles. The van der Waals surface area contributed by atoms with Gasteiger partial charge in [0, 0.05) is 13.0 Å². The van der Waals surface area contributed by atoms with Gasteiger partial charge in [-0.2, -0.15) is 0 Å². The predicted molar refractivity (Wildman–Crippen MR) is 65.5 cm³/mol. The van der Waals surface area contributed by atoms with Crippen molar-refractivity contribution in [2.45, 2.75) is 46.0 Å². The minimum Gasteiger partial charge on any atom is -0.481 e. The maximum atomic E-state index is 10.4. The third kappa shape index (κ3) is 5.50. The van der Waals surface area contributed by atoms with Gasteiger partial charge in [-0.25, -0.2) is 0 Å². The van der Waals surface area contributed by atoms with Crippen LogP contribution in [-0.4, -0.2) is 35.6 Å². The van der Waals surface area contributed by atoms with Gasteiger partial charge in [-0.05, 0) is 50.6 Å². The van der Waals surface area contributed by atoms with E-state index in [9.17, 15) is 4.79 Å². The molecule has 0 spiro atoms. The zero-order chi connectivity index (χ0) is 12.0. The monoisotopic (exact) mass is 227 g/mol. The summed E-state index contributed by atoms with van der Waals surface area (Å²) in [6.45, 7) is 8.14. The number of aliphatic carboxylic acids is 1. The third-order valence-electron chi connectivity index (χ3n) is 3.33. The van der Waals surface area contributed by atoms with Gasteiger partial charge < -0.3 is 10.0 Å². The SMILES string of the molecule is CC(C)CN1CCC(CCCC(=O)O)CC1. The molecule has 0 atom stereocenters. The third-order valence-corrected chi connectivity index (χ3v) is 3.33. The minimum absolute atomic E-state index is 0.339. The quantitative estimate of drug-likeness (QED) is 0.758. The van der Waals surface area contributed by atoms with Crippen LogP contribution in [0.1, 0.15) is 46.0 Å². The van der Waals surface area contributed by atoms with E-state index in [-0.39, 0.29) is 0 Å². The van der Waals surface area contributed by atoms with Crippen LogP contribution in [0.4, 0.5) is 0 Å². The summed E-state index contributed by atoms with van der Waals surface area (Å²) in [6, 6.07) is 0. The van der Waals surface area contributed by atoms with Crippen molar-refractivity contribution in [3.05, 3.63) is 0 Å². The molecule has 1 aliphatic heterocycles. The second-order valence-corrected chi connectivity index (χ2v) is 5.42. The average Bonchev–Trinajstić information content (AvgIpc) is 2.19. The van der Waals surface area contributed by atoms with E-state index >= 15 is 0 Å². The molecule has 16 heavy (non-hydrogen) atoms. The summed E-state index contributed by atoms with van der Waals surface area (Å²) in [5.41, 5.74) is 0. The lowest BCUT2D eigenvalue weighted by molar-refractivity contribution is -0.137. The largest absolute Gasteiger partial charge is 0.481 e. The molecule has 0 aliphatic carbocycles. The number of carboxylic acid groups (broad SMARTS) is 1. The first kappa shape index (κ1) is 13.5. The molecule has 0 aromatic heterocycles. The molecule has 3 nitrogen and oxygen atoms in total. The van der Waals surface area contributed by atoms with E-state index in [1.54, 1.807) is 0 Å². The summed E-state index contributed by atoms with van der Waals surface area (Å²) >= 11 is 0. The Hall–Kier alpha value is -0.570. The maximum Gasteiger partial charge on any atom is 0.303 e.